The summed E-state index contributed by atoms with van der Waals surface area (Å²) in [6.07, 6.45) is 3.92. The number of carbonyl (C=O) groups is 1. The van der Waals surface area contributed by atoms with E-state index in [-0.39, 0.29) is 5.75 Å². The van der Waals surface area contributed by atoms with Crippen molar-refractivity contribution in [2.75, 3.05) is 5.32 Å². The second-order valence-electron chi connectivity index (χ2n) is 3.60. The van der Waals surface area contributed by atoms with Crippen LogP contribution in [0.3, 0.4) is 0 Å². The molecule has 4 nitrogen and oxygen atoms in total. The highest BCUT2D eigenvalue weighted by molar-refractivity contribution is 5.83. The number of hydrogen-bond acceptors (Lipinski definition) is 4. The molecule has 0 spiro atoms. The zero-order chi connectivity index (χ0) is 12.1. The van der Waals surface area contributed by atoms with E-state index in [2.05, 4.69) is 10.3 Å². The molecule has 1 heterocycles. The van der Waals surface area contributed by atoms with Gasteiger partial charge >= 0.3 is 0 Å². The van der Waals surface area contributed by atoms with E-state index in [1.807, 2.05) is 12.1 Å². The van der Waals surface area contributed by atoms with Crippen LogP contribution in [0.5, 0.6) is 5.75 Å². The first kappa shape index (κ1) is 11.1. The third-order valence-corrected chi connectivity index (χ3v) is 2.40. The first-order valence-electron chi connectivity index (χ1n) is 5.20. The van der Waals surface area contributed by atoms with E-state index in [1.54, 1.807) is 24.4 Å². The Morgan fingerprint density at radius 2 is 2.00 bits per heavy atom. The van der Waals surface area contributed by atoms with Crippen LogP contribution < -0.4 is 5.32 Å². The molecule has 1 aromatic heterocycles. The summed E-state index contributed by atoms with van der Waals surface area (Å²) in [5.41, 5.74) is 2.31. The van der Waals surface area contributed by atoms with Crippen LogP contribution in [0.25, 0.3) is 0 Å². The minimum absolute atomic E-state index is 0.242. The Hall–Kier alpha value is -2.36. The predicted molar refractivity (Wildman–Crippen MR) is 65.1 cm³/mol. The normalized spacial score (nSPS) is 9.88. The van der Waals surface area contributed by atoms with Crippen molar-refractivity contribution in [1.29, 1.82) is 0 Å². The molecule has 2 rings (SSSR count). The number of aromatic nitrogens is 1. The lowest BCUT2D eigenvalue weighted by molar-refractivity contribution is 0.112. The van der Waals surface area contributed by atoms with Gasteiger partial charge in [-0.1, -0.05) is 12.1 Å². The van der Waals surface area contributed by atoms with Crippen LogP contribution in [0.15, 0.2) is 42.7 Å². The van der Waals surface area contributed by atoms with Crippen molar-refractivity contribution in [2.24, 2.45) is 0 Å². The lowest BCUT2D eigenvalue weighted by Crippen LogP contribution is -2.02. The van der Waals surface area contributed by atoms with Crippen molar-refractivity contribution in [2.45, 2.75) is 6.54 Å². The summed E-state index contributed by atoms with van der Waals surface area (Å²) in [6, 6.07) is 8.66. The Labute approximate surface area is 98.9 Å². The van der Waals surface area contributed by atoms with Gasteiger partial charge in [-0.15, -0.1) is 0 Å². The molecule has 1 aromatic carbocycles. The number of pyridine rings is 1. The number of phenols is 1. The molecule has 0 radical (unpaired) electrons. The fraction of sp³-hybridized carbons (Fsp3) is 0.0769. The quantitative estimate of drug-likeness (QED) is 0.787. The smallest absolute Gasteiger partial charge is 0.153 e. The van der Waals surface area contributed by atoms with Gasteiger partial charge in [-0.05, 0) is 23.8 Å². The van der Waals surface area contributed by atoms with Crippen LogP contribution in [0.1, 0.15) is 15.9 Å². The number of nitrogens with one attached hydrogen (secondary N) is 1. The zero-order valence-electron chi connectivity index (χ0n) is 9.13. The van der Waals surface area contributed by atoms with Crippen molar-refractivity contribution < 1.29 is 9.90 Å². The monoisotopic (exact) mass is 228 g/mol. The van der Waals surface area contributed by atoms with Gasteiger partial charge in [-0.2, -0.15) is 0 Å². The molecule has 2 aromatic rings. The Morgan fingerprint density at radius 3 is 2.71 bits per heavy atom. The van der Waals surface area contributed by atoms with Crippen molar-refractivity contribution in [3.63, 3.8) is 0 Å². The van der Waals surface area contributed by atoms with Crippen LogP contribution in [0.2, 0.25) is 0 Å². The maximum atomic E-state index is 10.8. The van der Waals surface area contributed by atoms with Crippen LogP contribution in [0.4, 0.5) is 5.69 Å². The molecule has 0 amide bonds. The topological polar surface area (TPSA) is 62.2 Å². The molecule has 0 bridgehead atoms. The van der Waals surface area contributed by atoms with Crippen molar-refractivity contribution in [3.8, 4) is 5.75 Å². The lowest BCUT2D eigenvalue weighted by Gasteiger charge is -2.08. The maximum absolute atomic E-state index is 10.8. The molecule has 4 heteroatoms. The lowest BCUT2D eigenvalue weighted by atomic mass is 10.2. The standard InChI is InChI=1S/C13H12N2O2/c16-9-11-8-14-6-5-13(11)15-7-10-1-3-12(17)4-2-10/h1-6,8-9,17H,7H2,(H,14,15). The first-order chi connectivity index (χ1) is 8.29. The van der Waals surface area contributed by atoms with Gasteiger partial charge in [0.1, 0.15) is 5.75 Å². The second-order valence-corrected chi connectivity index (χ2v) is 3.60. The number of hydrogen-bond donors (Lipinski definition) is 2. The number of nitrogens with zero attached hydrogens (tertiary/aromatic N) is 1. The summed E-state index contributed by atoms with van der Waals surface area (Å²) in [4.78, 5) is 14.6. The summed E-state index contributed by atoms with van der Waals surface area (Å²) < 4.78 is 0. The third kappa shape index (κ3) is 2.81. The zero-order valence-corrected chi connectivity index (χ0v) is 9.13. The summed E-state index contributed by atoms with van der Waals surface area (Å²) >= 11 is 0. The van der Waals surface area contributed by atoms with E-state index >= 15 is 0 Å². The van der Waals surface area contributed by atoms with E-state index in [4.69, 9.17) is 5.11 Å². The predicted octanol–water partition coefficient (Wildman–Crippen LogP) is 2.21. The van der Waals surface area contributed by atoms with E-state index in [0.29, 0.717) is 12.1 Å². The number of anilines is 1. The minimum atomic E-state index is 0.242. The van der Waals surface area contributed by atoms with Gasteiger partial charge in [-0.3, -0.25) is 9.78 Å². The van der Waals surface area contributed by atoms with E-state index in [9.17, 15) is 4.79 Å². The minimum Gasteiger partial charge on any atom is -0.508 e. The molecule has 0 unspecified atom stereocenters. The van der Waals surface area contributed by atoms with Gasteiger partial charge in [0.05, 0.1) is 5.56 Å². The summed E-state index contributed by atoms with van der Waals surface area (Å²) in [5.74, 6) is 0.242. The van der Waals surface area contributed by atoms with Gasteiger partial charge in [0.15, 0.2) is 6.29 Å². The van der Waals surface area contributed by atoms with Gasteiger partial charge in [0, 0.05) is 24.6 Å². The molecular formula is C13H12N2O2. The number of aromatic hydroxyl groups is 1. The van der Waals surface area contributed by atoms with E-state index < -0.39 is 0 Å². The van der Waals surface area contributed by atoms with Crippen LogP contribution >= 0.6 is 0 Å². The Morgan fingerprint density at radius 1 is 1.24 bits per heavy atom. The Bertz CT molecular complexity index is 509. The van der Waals surface area contributed by atoms with Crippen molar-refractivity contribution >= 4 is 12.0 Å². The number of benzene rings is 1. The van der Waals surface area contributed by atoms with Gasteiger partial charge < -0.3 is 10.4 Å². The van der Waals surface area contributed by atoms with Gasteiger partial charge in [0.25, 0.3) is 0 Å². The molecule has 17 heavy (non-hydrogen) atoms. The van der Waals surface area contributed by atoms with Gasteiger partial charge in [0.2, 0.25) is 0 Å². The number of carbonyl (C=O) groups excluding carboxylic acids is 1. The number of rotatable bonds is 4. The summed E-state index contributed by atoms with van der Waals surface area (Å²) in [6.45, 7) is 0.588. The largest absolute Gasteiger partial charge is 0.508 e. The number of aldehydes is 1. The highest BCUT2D eigenvalue weighted by Gasteiger charge is 2.00. The van der Waals surface area contributed by atoms with Crippen LogP contribution in [0, 0.1) is 0 Å². The van der Waals surface area contributed by atoms with Gasteiger partial charge in [-0.25, -0.2) is 0 Å². The molecule has 0 saturated heterocycles. The molecule has 0 aliphatic carbocycles. The Kier molecular flexibility index (Phi) is 3.35. The fourth-order valence-electron chi connectivity index (χ4n) is 1.47. The number of phenolic OH excluding ortho intramolecular Hbond substituents is 1. The molecule has 0 saturated carbocycles. The summed E-state index contributed by atoms with van der Waals surface area (Å²) in [7, 11) is 0. The molecule has 86 valence electrons. The molecule has 0 fully saturated rings. The maximum Gasteiger partial charge on any atom is 0.153 e. The molecular weight excluding hydrogens is 216 g/mol. The highest BCUT2D eigenvalue weighted by Crippen LogP contribution is 2.14. The van der Waals surface area contributed by atoms with E-state index in [1.165, 1.54) is 6.20 Å². The second kappa shape index (κ2) is 5.12. The molecule has 0 aliphatic heterocycles. The first-order valence-corrected chi connectivity index (χ1v) is 5.20. The van der Waals surface area contributed by atoms with Crippen molar-refractivity contribution in [1.82, 2.24) is 4.98 Å². The average Bonchev–Trinajstić information content (AvgIpc) is 2.38. The Balaban J connectivity index is 2.07. The third-order valence-electron chi connectivity index (χ3n) is 2.40. The SMILES string of the molecule is O=Cc1cnccc1NCc1ccc(O)cc1. The van der Waals surface area contributed by atoms with Crippen LogP contribution in [-0.4, -0.2) is 16.4 Å². The van der Waals surface area contributed by atoms with E-state index in [0.717, 1.165) is 17.5 Å². The molecule has 2 N–H and O–H groups in total. The highest BCUT2D eigenvalue weighted by atomic mass is 16.3. The van der Waals surface area contributed by atoms with Crippen LogP contribution in [-0.2, 0) is 6.54 Å². The summed E-state index contributed by atoms with van der Waals surface area (Å²) in [5, 5.41) is 12.3. The van der Waals surface area contributed by atoms with Crippen molar-refractivity contribution in [3.05, 3.63) is 53.9 Å². The fourth-order valence-corrected chi connectivity index (χ4v) is 1.47. The molecule has 0 aliphatic rings. The molecule has 0 atom stereocenters. The average molecular weight is 228 g/mol.